The van der Waals surface area contributed by atoms with Crippen LogP contribution in [0.3, 0.4) is 0 Å². The second kappa shape index (κ2) is 8.06. The van der Waals surface area contributed by atoms with Gasteiger partial charge in [-0.2, -0.15) is 0 Å². The van der Waals surface area contributed by atoms with Crippen molar-refractivity contribution in [2.75, 3.05) is 32.8 Å². The molecule has 102 valence electrons. The van der Waals surface area contributed by atoms with E-state index >= 15 is 0 Å². The molecule has 0 aliphatic carbocycles. The highest BCUT2D eigenvalue weighted by molar-refractivity contribution is 4.80. The molecule has 0 aromatic carbocycles. The first kappa shape index (κ1) is 14.9. The van der Waals surface area contributed by atoms with Crippen LogP contribution in [0.15, 0.2) is 0 Å². The first-order chi connectivity index (χ1) is 8.17. The Morgan fingerprint density at radius 1 is 1.24 bits per heavy atom. The van der Waals surface area contributed by atoms with E-state index in [4.69, 9.17) is 4.74 Å². The fourth-order valence-electron chi connectivity index (χ4n) is 2.70. The molecule has 1 fully saturated rings. The van der Waals surface area contributed by atoms with Crippen LogP contribution in [0.5, 0.6) is 0 Å². The second-order valence-corrected chi connectivity index (χ2v) is 5.29. The minimum atomic E-state index is 0.467. The standard InChI is InChI=1S/C14H30N2O/c1-5-16-9-7-14(8-10-16)13(4)15-12(3)11-17-6-2/h12-15H,5-11H2,1-4H3. The number of ether oxygens (including phenoxy) is 1. The number of nitrogens with zero attached hydrogens (tertiary/aromatic N) is 1. The molecule has 3 nitrogen and oxygen atoms in total. The van der Waals surface area contributed by atoms with E-state index in [-0.39, 0.29) is 0 Å². The zero-order chi connectivity index (χ0) is 12.7. The molecule has 0 saturated carbocycles. The molecule has 2 unspecified atom stereocenters. The Morgan fingerprint density at radius 3 is 2.41 bits per heavy atom. The summed E-state index contributed by atoms with van der Waals surface area (Å²) in [6.07, 6.45) is 2.67. The zero-order valence-electron chi connectivity index (χ0n) is 12.0. The lowest BCUT2D eigenvalue weighted by Crippen LogP contribution is -2.45. The van der Waals surface area contributed by atoms with Gasteiger partial charge in [0.15, 0.2) is 0 Å². The minimum absolute atomic E-state index is 0.467. The largest absolute Gasteiger partial charge is 0.380 e. The number of likely N-dealkylation sites (tertiary alicyclic amines) is 1. The van der Waals surface area contributed by atoms with Gasteiger partial charge in [0.1, 0.15) is 0 Å². The van der Waals surface area contributed by atoms with Gasteiger partial charge in [-0.25, -0.2) is 0 Å². The number of hydrogen-bond acceptors (Lipinski definition) is 3. The van der Waals surface area contributed by atoms with Crippen molar-refractivity contribution < 1.29 is 4.74 Å². The molecule has 0 spiro atoms. The fourth-order valence-corrected chi connectivity index (χ4v) is 2.70. The summed E-state index contributed by atoms with van der Waals surface area (Å²) in [5.41, 5.74) is 0. The molecule has 1 saturated heterocycles. The molecular formula is C14H30N2O. The lowest BCUT2D eigenvalue weighted by atomic mass is 9.90. The van der Waals surface area contributed by atoms with E-state index in [0.29, 0.717) is 12.1 Å². The summed E-state index contributed by atoms with van der Waals surface area (Å²) in [7, 11) is 0. The van der Waals surface area contributed by atoms with Crippen LogP contribution in [-0.4, -0.2) is 49.8 Å². The lowest BCUT2D eigenvalue weighted by Gasteiger charge is -2.35. The third-order valence-electron chi connectivity index (χ3n) is 3.91. The molecule has 1 aliphatic heterocycles. The molecule has 2 atom stereocenters. The Kier molecular flexibility index (Phi) is 7.09. The van der Waals surface area contributed by atoms with E-state index in [2.05, 4.69) is 37.9 Å². The van der Waals surface area contributed by atoms with Crippen LogP contribution in [0, 0.1) is 5.92 Å². The molecule has 1 rings (SSSR count). The van der Waals surface area contributed by atoms with Crippen LogP contribution in [0.25, 0.3) is 0 Å². The zero-order valence-corrected chi connectivity index (χ0v) is 12.0. The number of hydrogen-bond donors (Lipinski definition) is 1. The van der Waals surface area contributed by atoms with Gasteiger partial charge in [0.2, 0.25) is 0 Å². The third kappa shape index (κ3) is 5.36. The van der Waals surface area contributed by atoms with E-state index in [1.807, 2.05) is 0 Å². The molecule has 0 aromatic heterocycles. The molecule has 0 bridgehead atoms. The summed E-state index contributed by atoms with van der Waals surface area (Å²) < 4.78 is 5.45. The summed E-state index contributed by atoms with van der Waals surface area (Å²) in [6.45, 7) is 14.2. The predicted molar refractivity (Wildman–Crippen MR) is 73.4 cm³/mol. The molecule has 0 radical (unpaired) electrons. The fraction of sp³-hybridized carbons (Fsp3) is 1.00. The quantitative estimate of drug-likeness (QED) is 0.740. The van der Waals surface area contributed by atoms with Crippen LogP contribution >= 0.6 is 0 Å². The first-order valence-corrected chi connectivity index (χ1v) is 7.23. The van der Waals surface area contributed by atoms with Gasteiger partial charge in [0.25, 0.3) is 0 Å². The van der Waals surface area contributed by atoms with Crippen molar-refractivity contribution in [2.24, 2.45) is 5.92 Å². The van der Waals surface area contributed by atoms with E-state index in [9.17, 15) is 0 Å². The Labute approximate surface area is 107 Å². The van der Waals surface area contributed by atoms with E-state index in [0.717, 1.165) is 19.1 Å². The van der Waals surface area contributed by atoms with Crippen molar-refractivity contribution in [3.05, 3.63) is 0 Å². The predicted octanol–water partition coefficient (Wildman–Crippen LogP) is 2.12. The highest BCUT2D eigenvalue weighted by Crippen LogP contribution is 2.20. The Balaban J connectivity index is 2.21. The van der Waals surface area contributed by atoms with Crippen LogP contribution in [0.4, 0.5) is 0 Å². The van der Waals surface area contributed by atoms with Gasteiger partial charge >= 0.3 is 0 Å². The van der Waals surface area contributed by atoms with E-state index in [1.54, 1.807) is 0 Å². The van der Waals surface area contributed by atoms with Gasteiger partial charge in [-0.1, -0.05) is 6.92 Å². The van der Waals surface area contributed by atoms with Crippen molar-refractivity contribution in [2.45, 2.75) is 52.6 Å². The maximum Gasteiger partial charge on any atom is 0.0616 e. The lowest BCUT2D eigenvalue weighted by molar-refractivity contribution is 0.112. The van der Waals surface area contributed by atoms with Crippen molar-refractivity contribution in [1.82, 2.24) is 10.2 Å². The Morgan fingerprint density at radius 2 is 1.88 bits per heavy atom. The first-order valence-electron chi connectivity index (χ1n) is 7.23. The minimum Gasteiger partial charge on any atom is -0.380 e. The van der Waals surface area contributed by atoms with Crippen molar-refractivity contribution >= 4 is 0 Å². The van der Waals surface area contributed by atoms with Crippen molar-refractivity contribution in [1.29, 1.82) is 0 Å². The van der Waals surface area contributed by atoms with Gasteiger partial charge in [0.05, 0.1) is 6.61 Å². The molecule has 17 heavy (non-hydrogen) atoms. The van der Waals surface area contributed by atoms with Crippen LogP contribution in [-0.2, 0) is 4.74 Å². The normalized spacial score (nSPS) is 22.6. The SMILES string of the molecule is CCOCC(C)NC(C)C1CCN(CC)CC1. The smallest absolute Gasteiger partial charge is 0.0616 e. The Bertz CT molecular complexity index is 191. The maximum absolute atomic E-state index is 5.45. The molecular weight excluding hydrogens is 212 g/mol. The molecule has 3 heteroatoms. The number of piperidine rings is 1. The summed E-state index contributed by atoms with van der Waals surface area (Å²) in [6, 6.07) is 1.08. The highest BCUT2D eigenvalue weighted by Gasteiger charge is 2.23. The van der Waals surface area contributed by atoms with Crippen LogP contribution in [0.1, 0.15) is 40.5 Å². The van der Waals surface area contributed by atoms with Gasteiger partial charge in [-0.3, -0.25) is 0 Å². The summed E-state index contributed by atoms with van der Waals surface area (Å²) in [5.74, 6) is 0.835. The molecule has 1 aliphatic rings. The topological polar surface area (TPSA) is 24.5 Å². The number of rotatable bonds is 7. The van der Waals surface area contributed by atoms with E-state index < -0.39 is 0 Å². The third-order valence-corrected chi connectivity index (χ3v) is 3.91. The summed E-state index contributed by atoms with van der Waals surface area (Å²) in [5, 5.41) is 3.67. The van der Waals surface area contributed by atoms with Gasteiger partial charge in [0, 0.05) is 18.7 Å². The van der Waals surface area contributed by atoms with Gasteiger partial charge in [-0.05, 0) is 59.2 Å². The van der Waals surface area contributed by atoms with Gasteiger partial charge < -0.3 is 15.0 Å². The molecule has 1 heterocycles. The summed E-state index contributed by atoms with van der Waals surface area (Å²) in [4.78, 5) is 2.55. The average Bonchev–Trinajstić information content (AvgIpc) is 2.36. The number of nitrogens with one attached hydrogen (secondary N) is 1. The molecule has 0 aromatic rings. The average molecular weight is 242 g/mol. The maximum atomic E-state index is 5.45. The molecule has 1 N–H and O–H groups in total. The van der Waals surface area contributed by atoms with Crippen molar-refractivity contribution in [3.8, 4) is 0 Å². The second-order valence-electron chi connectivity index (χ2n) is 5.29. The van der Waals surface area contributed by atoms with Crippen LogP contribution in [0.2, 0.25) is 0 Å². The van der Waals surface area contributed by atoms with Crippen molar-refractivity contribution in [3.63, 3.8) is 0 Å². The molecule has 0 amide bonds. The Hall–Kier alpha value is -0.120. The van der Waals surface area contributed by atoms with E-state index in [1.165, 1.54) is 32.5 Å². The van der Waals surface area contributed by atoms with Crippen LogP contribution < -0.4 is 5.32 Å². The highest BCUT2D eigenvalue weighted by atomic mass is 16.5. The monoisotopic (exact) mass is 242 g/mol. The summed E-state index contributed by atoms with van der Waals surface area (Å²) >= 11 is 0. The van der Waals surface area contributed by atoms with Gasteiger partial charge in [-0.15, -0.1) is 0 Å².